The topological polar surface area (TPSA) is 67.4 Å². The standard InChI is InChI=1S/C20H18N2O3S/c1-13-12-15(21-19(23)14-5-8-16(25-2)9-6-14)7-10-17(13)22-20(24)18-4-3-11-26-18/h3-12H,1-2H3,(H,21,23)(H,22,24). The van der Waals surface area contributed by atoms with Crippen LogP contribution in [0.3, 0.4) is 0 Å². The number of rotatable bonds is 5. The molecule has 0 fully saturated rings. The summed E-state index contributed by atoms with van der Waals surface area (Å²) in [5.74, 6) is 0.351. The molecule has 0 spiro atoms. The van der Waals surface area contributed by atoms with Crippen LogP contribution >= 0.6 is 11.3 Å². The zero-order chi connectivity index (χ0) is 18.5. The molecule has 0 saturated heterocycles. The number of ether oxygens (including phenoxy) is 1. The molecule has 3 aromatic rings. The van der Waals surface area contributed by atoms with Crippen molar-refractivity contribution >= 4 is 34.5 Å². The van der Waals surface area contributed by atoms with E-state index in [1.54, 1.807) is 49.6 Å². The first kappa shape index (κ1) is 17.7. The third kappa shape index (κ3) is 4.10. The first-order valence-electron chi connectivity index (χ1n) is 7.98. The Kier molecular flexibility index (Phi) is 5.34. The van der Waals surface area contributed by atoms with Gasteiger partial charge in [0.05, 0.1) is 12.0 Å². The Labute approximate surface area is 155 Å². The van der Waals surface area contributed by atoms with Crippen molar-refractivity contribution < 1.29 is 14.3 Å². The number of carbonyl (C=O) groups excluding carboxylic acids is 2. The third-order valence-electron chi connectivity index (χ3n) is 3.83. The fourth-order valence-corrected chi connectivity index (χ4v) is 3.04. The van der Waals surface area contributed by atoms with E-state index in [2.05, 4.69) is 10.6 Å². The number of benzene rings is 2. The van der Waals surface area contributed by atoms with E-state index >= 15 is 0 Å². The Balaban J connectivity index is 1.68. The number of methoxy groups -OCH3 is 1. The quantitative estimate of drug-likeness (QED) is 0.695. The van der Waals surface area contributed by atoms with Crippen LogP contribution in [0.2, 0.25) is 0 Å². The Bertz CT molecular complexity index is 919. The van der Waals surface area contributed by atoms with Crippen LogP contribution in [-0.2, 0) is 0 Å². The molecule has 2 amide bonds. The van der Waals surface area contributed by atoms with Crippen molar-refractivity contribution in [2.24, 2.45) is 0 Å². The van der Waals surface area contributed by atoms with Crippen molar-refractivity contribution in [3.63, 3.8) is 0 Å². The average Bonchev–Trinajstić information content (AvgIpc) is 3.19. The second kappa shape index (κ2) is 7.84. The molecule has 0 aliphatic rings. The molecule has 1 heterocycles. The highest BCUT2D eigenvalue weighted by Gasteiger charge is 2.10. The second-order valence-corrected chi connectivity index (χ2v) is 6.59. The lowest BCUT2D eigenvalue weighted by atomic mass is 10.1. The Morgan fingerprint density at radius 3 is 2.35 bits per heavy atom. The molecule has 0 unspecified atom stereocenters. The van der Waals surface area contributed by atoms with E-state index in [4.69, 9.17) is 4.74 Å². The summed E-state index contributed by atoms with van der Waals surface area (Å²) in [6.45, 7) is 1.88. The van der Waals surface area contributed by atoms with E-state index in [1.165, 1.54) is 11.3 Å². The highest BCUT2D eigenvalue weighted by molar-refractivity contribution is 7.12. The van der Waals surface area contributed by atoms with E-state index in [0.717, 1.165) is 5.56 Å². The van der Waals surface area contributed by atoms with Crippen LogP contribution in [0.1, 0.15) is 25.6 Å². The number of aryl methyl sites for hydroxylation is 1. The molecule has 5 nitrogen and oxygen atoms in total. The highest BCUT2D eigenvalue weighted by atomic mass is 32.1. The fourth-order valence-electron chi connectivity index (χ4n) is 2.42. The lowest BCUT2D eigenvalue weighted by Crippen LogP contribution is -2.13. The van der Waals surface area contributed by atoms with E-state index in [1.807, 2.05) is 24.4 Å². The number of hydrogen-bond donors (Lipinski definition) is 2. The predicted molar refractivity (Wildman–Crippen MR) is 104 cm³/mol. The smallest absolute Gasteiger partial charge is 0.265 e. The van der Waals surface area contributed by atoms with Gasteiger partial charge in [0.15, 0.2) is 0 Å². The number of thiophene rings is 1. The van der Waals surface area contributed by atoms with Crippen LogP contribution in [0, 0.1) is 6.92 Å². The summed E-state index contributed by atoms with van der Waals surface area (Å²) >= 11 is 1.39. The molecule has 132 valence electrons. The molecule has 0 bridgehead atoms. The Morgan fingerprint density at radius 1 is 0.962 bits per heavy atom. The Morgan fingerprint density at radius 2 is 1.73 bits per heavy atom. The van der Waals surface area contributed by atoms with Gasteiger partial charge in [-0.3, -0.25) is 9.59 Å². The van der Waals surface area contributed by atoms with Gasteiger partial charge in [-0.15, -0.1) is 11.3 Å². The van der Waals surface area contributed by atoms with Gasteiger partial charge in [0.1, 0.15) is 5.75 Å². The molecular weight excluding hydrogens is 348 g/mol. The number of nitrogens with one attached hydrogen (secondary N) is 2. The SMILES string of the molecule is COc1ccc(C(=O)Nc2ccc(NC(=O)c3cccs3)c(C)c2)cc1. The average molecular weight is 366 g/mol. The maximum atomic E-state index is 12.3. The van der Waals surface area contributed by atoms with Gasteiger partial charge in [0, 0.05) is 16.9 Å². The minimum absolute atomic E-state index is 0.141. The summed E-state index contributed by atoms with van der Waals surface area (Å²) in [5, 5.41) is 7.60. The number of amides is 2. The lowest BCUT2D eigenvalue weighted by molar-refractivity contribution is 0.102. The molecule has 2 N–H and O–H groups in total. The van der Waals surface area contributed by atoms with Gasteiger partial charge in [-0.1, -0.05) is 6.07 Å². The first-order valence-corrected chi connectivity index (χ1v) is 8.85. The summed E-state index contributed by atoms with van der Waals surface area (Å²) in [5.41, 5.74) is 2.78. The van der Waals surface area contributed by atoms with Crippen molar-refractivity contribution in [3.05, 3.63) is 76.0 Å². The monoisotopic (exact) mass is 366 g/mol. The summed E-state index contributed by atoms with van der Waals surface area (Å²) < 4.78 is 5.09. The van der Waals surface area contributed by atoms with Crippen LogP contribution in [0.15, 0.2) is 60.0 Å². The van der Waals surface area contributed by atoms with E-state index in [0.29, 0.717) is 27.6 Å². The number of hydrogen-bond acceptors (Lipinski definition) is 4. The molecule has 1 aromatic heterocycles. The Hall–Kier alpha value is -3.12. The zero-order valence-corrected chi connectivity index (χ0v) is 15.2. The fraction of sp³-hybridized carbons (Fsp3) is 0.100. The van der Waals surface area contributed by atoms with Crippen LogP contribution in [0.5, 0.6) is 5.75 Å². The van der Waals surface area contributed by atoms with E-state index in [9.17, 15) is 9.59 Å². The van der Waals surface area contributed by atoms with Crippen LogP contribution in [-0.4, -0.2) is 18.9 Å². The zero-order valence-electron chi connectivity index (χ0n) is 14.4. The van der Waals surface area contributed by atoms with Crippen LogP contribution < -0.4 is 15.4 Å². The van der Waals surface area contributed by atoms with Gasteiger partial charge < -0.3 is 15.4 Å². The van der Waals surface area contributed by atoms with Gasteiger partial charge in [-0.2, -0.15) is 0 Å². The number of anilines is 2. The minimum Gasteiger partial charge on any atom is -0.497 e. The highest BCUT2D eigenvalue weighted by Crippen LogP contribution is 2.22. The molecular formula is C20H18N2O3S. The molecule has 2 aromatic carbocycles. The summed E-state index contributed by atoms with van der Waals surface area (Å²) in [4.78, 5) is 25.1. The van der Waals surface area contributed by atoms with Crippen molar-refractivity contribution in [2.75, 3.05) is 17.7 Å². The van der Waals surface area contributed by atoms with Crippen molar-refractivity contribution in [1.82, 2.24) is 0 Å². The first-order chi connectivity index (χ1) is 12.6. The maximum absolute atomic E-state index is 12.3. The van der Waals surface area contributed by atoms with Crippen LogP contribution in [0.25, 0.3) is 0 Å². The molecule has 3 rings (SSSR count). The van der Waals surface area contributed by atoms with Crippen molar-refractivity contribution in [1.29, 1.82) is 0 Å². The predicted octanol–water partition coefficient (Wildman–Crippen LogP) is 4.57. The van der Waals surface area contributed by atoms with Crippen LogP contribution in [0.4, 0.5) is 11.4 Å². The molecule has 0 aliphatic heterocycles. The molecule has 0 atom stereocenters. The van der Waals surface area contributed by atoms with Gasteiger partial charge in [-0.05, 0) is 66.4 Å². The maximum Gasteiger partial charge on any atom is 0.265 e. The van der Waals surface area contributed by atoms with E-state index < -0.39 is 0 Å². The van der Waals surface area contributed by atoms with Gasteiger partial charge in [0.25, 0.3) is 11.8 Å². The normalized spacial score (nSPS) is 10.2. The second-order valence-electron chi connectivity index (χ2n) is 5.64. The summed E-state index contributed by atoms with van der Waals surface area (Å²) in [6, 6.07) is 15.9. The van der Waals surface area contributed by atoms with Gasteiger partial charge >= 0.3 is 0 Å². The van der Waals surface area contributed by atoms with Gasteiger partial charge in [-0.25, -0.2) is 0 Å². The largest absolute Gasteiger partial charge is 0.497 e. The molecule has 0 radical (unpaired) electrons. The molecule has 0 saturated carbocycles. The van der Waals surface area contributed by atoms with Gasteiger partial charge in [0.2, 0.25) is 0 Å². The van der Waals surface area contributed by atoms with Crippen molar-refractivity contribution in [3.8, 4) is 5.75 Å². The lowest BCUT2D eigenvalue weighted by Gasteiger charge is -2.11. The minimum atomic E-state index is -0.206. The molecule has 6 heteroatoms. The molecule has 26 heavy (non-hydrogen) atoms. The third-order valence-corrected chi connectivity index (χ3v) is 4.70. The van der Waals surface area contributed by atoms with E-state index in [-0.39, 0.29) is 11.8 Å². The summed E-state index contributed by atoms with van der Waals surface area (Å²) in [6.07, 6.45) is 0. The van der Waals surface area contributed by atoms with Crippen molar-refractivity contribution in [2.45, 2.75) is 6.92 Å². The molecule has 0 aliphatic carbocycles. The number of carbonyl (C=O) groups is 2. The summed E-state index contributed by atoms with van der Waals surface area (Å²) in [7, 11) is 1.58.